The molecule has 0 radical (unpaired) electrons. The number of hydrogen-bond donors (Lipinski definition) is 0. The minimum absolute atomic E-state index is 0.0517. The van der Waals surface area contributed by atoms with Gasteiger partial charge >= 0.3 is 0 Å². The van der Waals surface area contributed by atoms with Crippen LogP contribution in [0.2, 0.25) is 4.47 Å². The molecule has 2 nitrogen and oxygen atoms in total. The van der Waals surface area contributed by atoms with Gasteiger partial charge in [0.1, 0.15) is 0 Å². The van der Waals surface area contributed by atoms with Crippen LogP contribution in [0.3, 0.4) is 0 Å². The molecule has 0 aliphatic rings. The van der Waals surface area contributed by atoms with E-state index in [-0.39, 0.29) is 5.41 Å². The van der Waals surface area contributed by atoms with Gasteiger partial charge in [-0.3, -0.25) is 0 Å². The van der Waals surface area contributed by atoms with Crippen LogP contribution in [0, 0.1) is 0 Å². The third-order valence-corrected chi connectivity index (χ3v) is 3.01. The fraction of sp³-hybridized carbons (Fsp3) is 0.625. The largest absolute Gasteiger partial charge is 0.480 e. The molecule has 0 atom stereocenters. The first-order valence-electron chi connectivity index (χ1n) is 3.66. The molecule has 4 heteroatoms. The van der Waals surface area contributed by atoms with Crippen LogP contribution in [0.1, 0.15) is 25.6 Å². The Morgan fingerprint density at radius 3 is 2.33 bits per heavy atom. The summed E-state index contributed by atoms with van der Waals surface area (Å²) >= 11 is 7.25. The first-order chi connectivity index (χ1) is 5.45. The van der Waals surface area contributed by atoms with Crippen molar-refractivity contribution >= 4 is 22.9 Å². The fourth-order valence-corrected chi connectivity index (χ4v) is 2.02. The summed E-state index contributed by atoms with van der Waals surface area (Å²) in [6, 6.07) is 0. The van der Waals surface area contributed by atoms with Gasteiger partial charge in [0.25, 0.3) is 0 Å². The summed E-state index contributed by atoms with van der Waals surface area (Å²) in [6.07, 6.45) is 0. The first kappa shape index (κ1) is 9.81. The second-order valence-corrected chi connectivity index (χ2v) is 5.14. The van der Waals surface area contributed by atoms with Crippen molar-refractivity contribution in [3.8, 4) is 5.88 Å². The SMILES string of the molecule is COc1nc(Cl)sc1C(C)(C)C. The number of halogens is 1. The first-order valence-corrected chi connectivity index (χ1v) is 4.85. The van der Waals surface area contributed by atoms with E-state index in [1.54, 1.807) is 7.11 Å². The number of methoxy groups -OCH3 is 1. The number of hydrogen-bond acceptors (Lipinski definition) is 3. The molecule has 0 saturated heterocycles. The van der Waals surface area contributed by atoms with Gasteiger partial charge in [0.15, 0.2) is 4.47 Å². The normalized spacial score (nSPS) is 11.8. The summed E-state index contributed by atoms with van der Waals surface area (Å²) in [5.74, 6) is 0.650. The lowest BCUT2D eigenvalue weighted by molar-refractivity contribution is 0.386. The molecular weight excluding hydrogens is 194 g/mol. The standard InChI is InChI=1S/C8H12ClNOS/c1-8(2,3)5-6(11-4)10-7(9)12-5/h1-4H3. The highest BCUT2D eigenvalue weighted by atomic mass is 35.5. The van der Waals surface area contributed by atoms with Crippen LogP contribution in [-0.4, -0.2) is 12.1 Å². The summed E-state index contributed by atoms with van der Waals surface area (Å²) in [4.78, 5) is 5.15. The summed E-state index contributed by atoms with van der Waals surface area (Å²) in [6.45, 7) is 6.33. The molecule has 0 fully saturated rings. The predicted molar refractivity (Wildman–Crippen MR) is 52.4 cm³/mol. The number of rotatable bonds is 1. The Morgan fingerprint density at radius 2 is 2.00 bits per heavy atom. The lowest BCUT2D eigenvalue weighted by Crippen LogP contribution is -2.10. The van der Waals surface area contributed by atoms with Crippen molar-refractivity contribution in [2.45, 2.75) is 26.2 Å². The van der Waals surface area contributed by atoms with E-state index in [2.05, 4.69) is 25.8 Å². The molecule has 1 aromatic rings. The van der Waals surface area contributed by atoms with Crippen molar-refractivity contribution in [3.05, 3.63) is 9.34 Å². The molecule has 0 aliphatic heterocycles. The van der Waals surface area contributed by atoms with Gasteiger partial charge in [0.2, 0.25) is 5.88 Å². The van der Waals surface area contributed by atoms with Crippen LogP contribution in [0.25, 0.3) is 0 Å². The highest BCUT2D eigenvalue weighted by Gasteiger charge is 2.23. The van der Waals surface area contributed by atoms with Gasteiger partial charge in [-0.15, -0.1) is 11.3 Å². The average molecular weight is 206 g/mol. The molecule has 1 aromatic heterocycles. The van der Waals surface area contributed by atoms with Crippen LogP contribution in [0.15, 0.2) is 0 Å². The Bertz CT molecular complexity index is 277. The summed E-state index contributed by atoms with van der Waals surface area (Å²) in [7, 11) is 1.61. The van der Waals surface area contributed by atoms with Crippen LogP contribution < -0.4 is 4.74 Å². The smallest absolute Gasteiger partial charge is 0.229 e. The molecule has 0 aromatic carbocycles. The van der Waals surface area contributed by atoms with Gasteiger partial charge in [-0.25, -0.2) is 0 Å². The molecule has 68 valence electrons. The molecule has 1 heterocycles. The number of ether oxygens (including phenoxy) is 1. The van der Waals surface area contributed by atoms with Crippen LogP contribution >= 0.6 is 22.9 Å². The van der Waals surface area contributed by atoms with E-state index in [0.717, 1.165) is 4.88 Å². The third kappa shape index (κ3) is 1.90. The number of nitrogens with zero attached hydrogens (tertiary/aromatic N) is 1. The third-order valence-electron chi connectivity index (χ3n) is 1.44. The van der Waals surface area contributed by atoms with Gasteiger partial charge in [0, 0.05) is 5.41 Å². The van der Waals surface area contributed by atoms with Gasteiger partial charge < -0.3 is 4.74 Å². The van der Waals surface area contributed by atoms with Crippen molar-refractivity contribution in [2.24, 2.45) is 0 Å². The van der Waals surface area contributed by atoms with Crippen molar-refractivity contribution in [2.75, 3.05) is 7.11 Å². The second-order valence-electron chi connectivity index (χ2n) is 3.56. The van der Waals surface area contributed by atoms with Crippen molar-refractivity contribution in [3.63, 3.8) is 0 Å². The van der Waals surface area contributed by atoms with Gasteiger partial charge in [0.05, 0.1) is 12.0 Å². The highest BCUT2D eigenvalue weighted by molar-refractivity contribution is 7.16. The van der Waals surface area contributed by atoms with Crippen LogP contribution in [0.5, 0.6) is 5.88 Å². The maximum absolute atomic E-state index is 5.78. The second kappa shape index (κ2) is 3.23. The van der Waals surface area contributed by atoms with Gasteiger partial charge in [-0.2, -0.15) is 4.98 Å². The van der Waals surface area contributed by atoms with E-state index in [1.807, 2.05) is 0 Å². The topological polar surface area (TPSA) is 22.1 Å². The van der Waals surface area contributed by atoms with E-state index in [9.17, 15) is 0 Å². The zero-order valence-electron chi connectivity index (χ0n) is 7.64. The fourth-order valence-electron chi connectivity index (χ4n) is 0.894. The van der Waals surface area contributed by atoms with Crippen molar-refractivity contribution in [1.82, 2.24) is 4.98 Å². The molecule has 0 unspecified atom stereocenters. The molecule has 0 spiro atoms. The lowest BCUT2D eigenvalue weighted by Gasteiger charge is -2.16. The molecule has 0 bridgehead atoms. The van der Waals surface area contributed by atoms with E-state index in [0.29, 0.717) is 10.3 Å². The van der Waals surface area contributed by atoms with Crippen LogP contribution in [-0.2, 0) is 5.41 Å². The van der Waals surface area contributed by atoms with Gasteiger partial charge in [-0.1, -0.05) is 32.4 Å². The molecular formula is C8H12ClNOS. The molecule has 0 aliphatic carbocycles. The molecule has 0 saturated carbocycles. The maximum atomic E-state index is 5.78. The molecule has 0 N–H and O–H groups in total. The summed E-state index contributed by atoms with van der Waals surface area (Å²) < 4.78 is 5.65. The van der Waals surface area contributed by atoms with Gasteiger partial charge in [-0.05, 0) is 0 Å². The van der Waals surface area contributed by atoms with E-state index < -0.39 is 0 Å². The van der Waals surface area contributed by atoms with E-state index in [1.165, 1.54) is 11.3 Å². The zero-order chi connectivity index (χ0) is 9.35. The zero-order valence-corrected chi connectivity index (χ0v) is 9.21. The monoisotopic (exact) mass is 205 g/mol. The maximum Gasteiger partial charge on any atom is 0.229 e. The number of aromatic nitrogens is 1. The Kier molecular flexibility index (Phi) is 2.64. The Labute approximate surface area is 81.5 Å². The number of thiazole rings is 1. The van der Waals surface area contributed by atoms with E-state index in [4.69, 9.17) is 16.3 Å². The summed E-state index contributed by atoms with van der Waals surface area (Å²) in [5, 5.41) is 0. The Balaban J connectivity index is 3.13. The lowest BCUT2D eigenvalue weighted by atomic mass is 9.95. The van der Waals surface area contributed by atoms with E-state index >= 15 is 0 Å². The molecule has 1 rings (SSSR count). The quantitative estimate of drug-likeness (QED) is 0.703. The predicted octanol–water partition coefficient (Wildman–Crippen LogP) is 3.10. The average Bonchev–Trinajstić information content (AvgIpc) is 2.29. The van der Waals surface area contributed by atoms with Crippen LogP contribution in [0.4, 0.5) is 0 Å². The Hall–Kier alpha value is -0.280. The minimum Gasteiger partial charge on any atom is -0.480 e. The minimum atomic E-state index is 0.0517. The Morgan fingerprint density at radius 1 is 1.42 bits per heavy atom. The summed E-state index contributed by atoms with van der Waals surface area (Å²) in [5.41, 5.74) is 0.0517. The highest BCUT2D eigenvalue weighted by Crippen LogP contribution is 2.37. The van der Waals surface area contributed by atoms with Crippen molar-refractivity contribution < 1.29 is 4.74 Å². The molecule has 0 amide bonds. The molecule has 12 heavy (non-hydrogen) atoms. The van der Waals surface area contributed by atoms with Crippen molar-refractivity contribution in [1.29, 1.82) is 0 Å².